The zero-order valence-electron chi connectivity index (χ0n) is 20.6. The lowest BCUT2D eigenvalue weighted by molar-refractivity contribution is 0.102. The van der Waals surface area contributed by atoms with Gasteiger partial charge >= 0.3 is 0 Å². The van der Waals surface area contributed by atoms with Gasteiger partial charge < -0.3 is 15.2 Å². The van der Waals surface area contributed by atoms with Gasteiger partial charge in [0, 0.05) is 46.1 Å². The molecule has 8 nitrogen and oxygen atoms in total. The smallest absolute Gasteiger partial charge is 0.255 e. The Bertz CT molecular complexity index is 1650. The van der Waals surface area contributed by atoms with Crippen molar-refractivity contribution in [1.29, 1.82) is 0 Å². The topological polar surface area (TPSA) is 102 Å². The van der Waals surface area contributed by atoms with Crippen molar-refractivity contribution >= 4 is 29.5 Å². The number of aryl methyl sites for hydroxylation is 2. The zero-order chi connectivity index (χ0) is 26.6. The Hall–Kier alpha value is -5.18. The monoisotopic (exact) mass is 506 g/mol. The van der Waals surface area contributed by atoms with Crippen LogP contribution in [0, 0.1) is 19.7 Å². The summed E-state index contributed by atoms with van der Waals surface area (Å²) in [6.45, 7) is 3.77. The van der Waals surface area contributed by atoms with E-state index in [0.717, 1.165) is 23.1 Å². The van der Waals surface area contributed by atoms with Gasteiger partial charge in [0.25, 0.3) is 5.91 Å². The summed E-state index contributed by atoms with van der Waals surface area (Å²) < 4.78 is 15.1. The molecule has 2 heterocycles. The van der Waals surface area contributed by atoms with Gasteiger partial charge in [-0.05, 0) is 80.1 Å². The molecule has 0 aliphatic rings. The van der Waals surface area contributed by atoms with E-state index in [2.05, 4.69) is 25.6 Å². The summed E-state index contributed by atoms with van der Waals surface area (Å²) in [7, 11) is 0. The first-order valence-electron chi connectivity index (χ1n) is 11.8. The lowest BCUT2D eigenvalue weighted by atomic mass is 10.1. The molecule has 5 rings (SSSR count). The molecule has 0 spiro atoms. The molecule has 3 aromatic carbocycles. The Morgan fingerprint density at radius 1 is 0.974 bits per heavy atom. The van der Waals surface area contributed by atoms with Crippen molar-refractivity contribution in [2.45, 2.75) is 13.8 Å². The SMILES string of the molecule is Cc1cn(-c2cc(C=O)cc(NC(=O)c3ccc(C)c(Nc4nccc(-c5ccc(F)cc5)n4)c3)c2)cn1. The number of benzene rings is 3. The molecule has 0 aliphatic carbocycles. The summed E-state index contributed by atoms with van der Waals surface area (Å²) in [6.07, 6.45) is 5.83. The molecular formula is C29H23FN6O2. The van der Waals surface area contributed by atoms with Crippen LogP contribution >= 0.6 is 0 Å². The van der Waals surface area contributed by atoms with Crippen LogP contribution in [0.2, 0.25) is 0 Å². The number of carbonyl (C=O) groups excluding carboxylic acids is 2. The largest absolute Gasteiger partial charge is 0.324 e. The van der Waals surface area contributed by atoms with Crippen molar-refractivity contribution in [3.05, 3.63) is 114 Å². The first-order valence-corrected chi connectivity index (χ1v) is 11.8. The van der Waals surface area contributed by atoms with Crippen molar-refractivity contribution in [3.63, 3.8) is 0 Å². The molecule has 1 amide bonds. The van der Waals surface area contributed by atoms with E-state index >= 15 is 0 Å². The second-order valence-corrected chi connectivity index (χ2v) is 8.73. The van der Waals surface area contributed by atoms with Crippen LogP contribution in [0.25, 0.3) is 16.9 Å². The number of carbonyl (C=O) groups is 2. The van der Waals surface area contributed by atoms with Gasteiger partial charge in [-0.25, -0.2) is 19.3 Å². The standard InChI is InChI=1S/C29H23FN6O2/c1-18-3-4-22(13-27(18)35-29-31-10-9-26(34-29)21-5-7-23(30)8-6-21)28(38)33-24-11-20(16-37)12-25(14-24)36-15-19(2)32-17-36/h3-17H,1-2H3,(H,33,38)(H,31,34,35). The average Bonchev–Trinajstić information content (AvgIpc) is 3.36. The second-order valence-electron chi connectivity index (χ2n) is 8.73. The third-order valence-electron chi connectivity index (χ3n) is 5.89. The number of rotatable bonds is 7. The molecule has 0 saturated carbocycles. The van der Waals surface area contributed by atoms with E-state index in [1.165, 1.54) is 12.1 Å². The molecule has 0 saturated heterocycles. The average molecular weight is 507 g/mol. The van der Waals surface area contributed by atoms with Crippen LogP contribution in [0.5, 0.6) is 0 Å². The Morgan fingerprint density at radius 2 is 1.79 bits per heavy atom. The van der Waals surface area contributed by atoms with Gasteiger partial charge in [-0.3, -0.25) is 9.59 Å². The van der Waals surface area contributed by atoms with E-state index in [0.29, 0.717) is 39.8 Å². The fraction of sp³-hybridized carbons (Fsp3) is 0.0690. The highest BCUT2D eigenvalue weighted by atomic mass is 19.1. The quantitative estimate of drug-likeness (QED) is 0.267. The molecule has 0 unspecified atom stereocenters. The van der Waals surface area contributed by atoms with Crippen LogP contribution in [-0.4, -0.2) is 31.7 Å². The Labute approximate surface area is 218 Å². The maximum atomic E-state index is 13.3. The lowest BCUT2D eigenvalue weighted by Crippen LogP contribution is -2.13. The van der Waals surface area contributed by atoms with Crippen LogP contribution < -0.4 is 10.6 Å². The summed E-state index contributed by atoms with van der Waals surface area (Å²) in [4.78, 5) is 37.7. The lowest BCUT2D eigenvalue weighted by Gasteiger charge is -2.13. The fourth-order valence-corrected chi connectivity index (χ4v) is 3.91. The van der Waals surface area contributed by atoms with Crippen LogP contribution in [0.1, 0.15) is 32.0 Å². The van der Waals surface area contributed by atoms with E-state index in [-0.39, 0.29) is 11.7 Å². The van der Waals surface area contributed by atoms with Crippen LogP contribution in [0.15, 0.2) is 85.5 Å². The third kappa shape index (κ3) is 5.46. The normalized spacial score (nSPS) is 10.7. The van der Waals surface area contributed by atoms with Gasteiger partial charge in [0.1, 0.15) is 12.1 Å². The maximum absolute atomic E-state index is 13.3. The van der Waals surface area contributed by atoms with Crippen LogP contribution in [0.3, 0.4) is 0 Å². The van der Waals surface area contributed by atoms with Crippen molar-refractivity contribution in [1.82, 2.24) is 19.5 Å². The number of halogens is 1. The van der Waals surface area contributed by atoms with Gasteiger partial charge in [-0.1, -0.05) is 6.07 Å². The molecule has 5 aromatic rings. The first kappa shape index (κ1) is 24.5. The fourth-order valence-electron chi connectivity index (χ4n) is 3.91. The summed E-state index contributed by atoms with van der Waals surface area (Å²) in [5, 5.41) is 6.05. The number of nitrogens with one attached hydrogen (secondary N) is 2. The third-order valence-corrected chi connectivity index (χ3v) is 5.89. The van der Waals surface area contributed by atoms with Crippen molar-refractivity contribution in [3.8, 4) is 16.9 Å². The van der Waals surface area contributed by atoms with E-state index in [9.17, 15) is 14.0 Å². The first-order chi connectivity index (χ1) is 18.4. The number of hydrogen-bond acceptors (Lipinski definition) is 6. The summed E-state index contributed by atoms with van der Waals surface area (Å²) in [5.74, 6) is -0.325. The minimum absolute atomic E-state index is 0.321. The minimum atomic E-state index is -0.343. The maximum Gasteiger partial charge on any atom is 0.255 e. The number of nitrogens with zero attached hydrogens (tertiary/aromatic N) is 4. The van der Waals surface area contributed by atoms with Crippen LogP contribution in [0.4, 0.5) is 21.7 Å². The van der Waals surface area contributed by atoms with Gasteiger partial charge in [-0.2, -0.15) is 0 Å². The predicted molar refractivity (Wildman–Crippen MR) is 144 cm³/mol. The second kappa shape index (κ2) is 10.4. The zero-order valence-corrected chi connectivity index (χ0v) is 20.6. The number of anilines is 3. The molecule has 2 N–H and O–H groups in total. The van der Waals surface area contributed by atoms with Gasteiger partial charge in [0.05, 0.1) is 17.7 Å². The van der Waals surface area contributed by atoms with Gasteiger partial charge in [0.2, 0.25) is 5.95 Å². The molecule has 188 valence electrons. The Balaban J connectivity index is 1.38. The molecule has 0 aliphatic heterocycles. The van der Waals surface area contributed by atoms with Crippen molar-refractivity contribution < 1.29 is 14.0 Å². The molecule has 0 fully saturated rings. The molecule has 0 radical (unpaired) electrons. The number of amides is 1. The highest BCUT2D eigenvalue weighted by Crippen LogP contribution is 2.24. The molecule has 9 heteroatoms. The van der Waals surface area contributed by atoms with Crippen molar-refractivity contribution in [2.24, 2.45) is 0 Å². The highest BCUT2D eigenvalue weighted by Gasteiger charge is 2.12. The number of aromatic nitrogens is 4. The molecule has 2 aromatic heterocycles. The molecular weight excluding hydrogens is 483 g/mol. The van der Waals surface area contributed by atoms with E-state index in [4.69, 9.17) is 0 Å². The van der Waals surface area contributed by atoms with Gasteiger partial charge in [0.15, 0.2) is 0 Å². The van der Waals surface area contributed by atoms with Gasteiger partial charge in [-0.15, -0.1) is 0 Å². The Kier molecular flexibility index (Phi) is 6.73. The van der Waals surface area contributed by atoms with E-state index < -0.39 is 0 Å². The summed E-state index contributed by atoms with van der Waals surface area (Å²) >= 11 is 0. The van der Waals surface area contributed by atoms with E-state index in [1.54, 1.807) is 65.6 Å². The summed E-state index contributed by atoms with van der Waals surface area (Å²) in [5.41, 5.74) is 5.78. The minimum Gasteiger partial charge on any atom is -0.324 e. The van der Waals surface area contributed by atoms with Crippen molar-refractivity contribution in [2.75, 3.05) is 10.6 Å². The highest BCUT2D eigenvalue weighted by molar-refractivity contribution is 6.05. The van der Waals surface area contributed by atoms with E-state index in [1.807, 2.05) is 26.1 Å². The molecule has 0 atom stereocenters. The summed E-state index contributed by atoms with van der Waals surface area (Å²) in [6, 6.07) is 18.1. The number of hydrogen-bond donors (Lipinski definition) is 2. The number of imidazole rings is 1. The van der Waals surface area contributed by atoms with Crippen LogP contribution in [-0.2, 0) is 0 Å². The number of aldehydes is 1. The predicted octanol–water partition coefficient (Wildman–Crippen LogP) is 5.89. The molecule has 38 heavy (non-hydrogen) atoms. The molecule has 0 bridgehead atoms. The Morgan fingerprint density at radius 3 is 2.53 bits per heavy atom.